The maximum atomic E-state index is 5.65. The van der Waals surface area contributed by atoms with E-state index in [4.69, 9.17) is 9.47 Å². The summed E-state index contributed by atoms with van der Waals surface area (Å²) in [7, 11) is 1.73. The lowest BCUT2D eigenvalue weighted by atomic mass is 10.0. The van der Waals surface area contributed by atoms with Crippen molar-refractivity contribution >= 4 is 0 Å². The van der Waals surface area contributed by atoms with Gasteiger partial charge in [0.25, 0.3) is 0 Å². The van der Waals surface area contributed by atoms with Crippen molar-refractivity contribution in [3.05, 3.63) is 29.8 Å². The smallest absolute Gasteiger partial charge is 0.123 e. The van der Waals surface area contributed by atoms with Gasteiger partial charge in [-0.15, -0.1) is 0 Å². The summed E-state index contributed by atoms with van der Waals surface area (Å²) < 4.78 is 11.1. The van der Waals surface area contributed by atoms with E-state index in [0.717, 1.165) is 25.3 Å². The molecular weight excluding hydrogens is 226 g/mol. The quantitative estimate of drug-likeness (QED) is 0.841. The number of rotatable bonds is 6. The standard InChI is InChI=1S/C15H23NO2/c1-3-14(16-11-12-7-6-10-18-12)13-8-4-5-9-15(13)17-2/h4-5,8-9,12,14,16H,3,6-7,10-11H2,1-2H3. The van der Waals surface area contributed by atoms with Gasteiger partial charge in [0, 0.05) is 24.8 Å². The summed E-state index contributed by atoms with van der Waals surface area (Å²) in [5.41, 5.74) is 1.24. The van der Waals surface area contributed by atoms with Gasteiger partial charge >= 0.3 is 0 Å². The lowest BCUT2D eigenvalue weighted by molar-refractivity contribution is 0.107. The molecule has 1 aliphatic heterocycles. The molecule has 18 heavy (non-hydrogen) atoms. The highest BCUT2D eigenvalue weighted by Crippen LogP contribution is 2.27. The van der Waals surface area contributed by atoms with Crippen LogP contribution in [0.1, 0.15) is 37.8 Å². The first-order valence-corrected chi connectivity index (χ1v) is 6.83. The number of hydrogen-bond acceptors (Lipinski definition) is 3. The van der Waals surface area contributed by atoms with Gasteiger partial charge in [0.15, 0.2) is 0 Å². The Morgan fingerprint density at radius 2 is 2.28 bits per heavy atom. The zero-order valence-electron chi connectivity index (χ0n) is 11.3. The van der Waals surface area contributed by atoms with Crippen LogP contribution in [0.4, 0.5) is 0 Å². The van der Waals surface area contributed by atoms with Gasteiger partial charge in [-0.1, -0.05) is 25.1 Å². The monoisotopic (exact) mass is 249 g/mol. The first-order chi connectivity index (χ1) is 8.85. The number of benzene rings is 1. The molecule has 3 heteroatoms. The highest BCUT2D eigenvalue weighted by Gasteiger charge is 2.18. The minimum Gasteiger partial charge on any atom is -0.496 e. The van der Waals surface area contributed by atoms with E-state index in [-0.39, 0.29) is 0 Å². The maximum absolute atomic E-state index is 5.65. The minimum atomic E-state index is 0.338. The Hall–Kier alpha value is -1.06. The molecule has 1 N–H and O–H groups in total. The van der Waals surface area contributed by atoms with Crippen LogP contribution in [0.25, 0.3) is 0 Å². The van der Waals surface area contributed by atoms with Crippen molar-refractivity contribution in [2.45, 2.75) is 38.3 Å². The van der Waals surface area contributed by atoms with Crippen LogP contribution >= 0.6 is 0 Å². The van der Waals surface area contributed by atoms with Gasteiger partial charge in [0.05, 0.1) is 13.2 Å². The Morgan fingerprint density at radius 3 is 2.94 bits per heavy atom. The van der Waals surface area contributed by atoms with Gasteiger partial charge in [-0.2, -0.15) is 0 Å². The summed E-state index contributed by atoms with van der Waals surface area (Å²) in [5, 5.41) is 3.60. The largest absolute Gasteiger partial charge is 0.496 e. The predicted octanol–water partition coefficient (Wildman–Crippen LogP) is 2.91. The molecule has 1 aromatic rings. The van der Waals surface area contributed by atoms with E-state index in [1.165, 1.54) is 18.4 Å². The third kappa shape index (κ3) is 3.24. The normalized spacial score (nSPS) is 20.9. The third-order valence-corrected chi connectivity index (χ3v) is 3.54. The van der Waals surface area contributed by atoms with Crippen molar-refractivity contribution in [2.24, 2.45) is 0 Å². The summed E-state index contributed by atoms with van der Waals surface area (Å²) in [4.78, 5) is 0. The molecule has 2 rings (SSSR count). The zero-order valence-corrected chi connectivity index (χ0v) is 11.3. The van der Waals surface area contributed by atoms with Crippen molar-refractivity contribution < 1.29 is 9.47 Å². The Balaban J connectivity index is 1.98. The number of methoxy groups -OCH3 is 1. The lowest BCUT2D eigenvalue weighted by Gasteiger charge is -2.21. The lowest BCUT2D eigenvalue weighted by Crippen LogP contribution is -2.30. The molecular formula is C15H23NO2. The molecule has 3 nitrogen and oxygen atoms in total. The molecule has 0 amide bonds. The number of para-hydroxylation sites is 1. The van der Waals surface area contributed by atoms with E-state index < -0.39 is 0 Å². The molecule has 1 aliphatic rings. The number of ether oxygens (including phenoxy) is 2. The molecule has 1 heterocycles. The van der Waals surface area contributed by atoms with Gasteiger partial charge in [0.1, 0.15) is 5.75 Å². The van der Waals surface area contributed by atoms with E-state index in [1.807, 2.05) is 12.1 Å². The Bertz CT molecular complexity index is 361. The maximum Gasteiger partial charge on any atom is 0.123 e. The summed E-state index contributed by atoms with van der Waals surface area (Å²) in [6.45, 7) is 4.04. The van der Waals surface area contributed by atoms with E-state index in [0.29, 0.717) is 12.1 Å². The van der Waals surface area contributed by atoms with Crippen molar-refractivity contribution in [1.82, 2.24) is 5.32 Å². The Kier molecular flexibility index (Phi) is 5.02. The van der Waals surface area contributed by atoms with Gasteiger partial charge in [-0.25, -0.2) is 0 Å². The molecule has 0 saturated carbocycles. The Morgan fingerprint density at radius 1 is 1.44 bits per heavy atom. The SMILES string of the molecule is CCC(NCC1CCCO1)c1ccccc1OC. The van der Waals surface area contributed by atoms with Crippen LogP contribution in [0.5, 0.6) is 5.75 Å². The van der Waals surface area contributed by atoms with Crippen LogP contribution in [0, 0.1) is 0 Å². The van der Waals surface area contributed by atoms with Crippen LogP contribution in [0.3, 0.4) is 0 Å². The topological polar surface area (TPSA) is 30.5 Å². The highest BCUT2D eigenvalue weighted by molar-refractivity contribution is 5.35. The summed E-state index contributed by atoms with van der Waals surface area (Å²) in [6, 6.07) is 8.57. The van der Waals surface area contributed by atoms with Gasteiger partial charge in [0.2, 0.25) is 0 Å². The average molecular weight is 249 g/mol. The number of hydrogen-bond donors (Lipinski definition) is 1. The van der Waals surface area contributed by atoms with Crippen LogP contribution in [0.15, 0.2) is 24.3 Å². The number of nitrogens with one attached hydrogen (secondary N) is 1. The molecule has 1 fully saturated rings. The van der Waals surface area contributed by atoms with Crippen molar-refractivity contribution in [2.75, 3.05) is 20.3 Å². The van der Waals surface area contributed by atoms with Crippen LogP contribution in [-0.4, -0.2) is 26.4 Å². The van der Waals surface area contributed by atoms with Gasteiger partial charge in [-0.3, -0.25) is 0 Å². The molecule has 0 bridgehead atoms. The van der Waals surface area contributed by atoms with E-state index in [1.54, 1.807) is 7.11 Å². The molecule has 1 aromatic carbocycles. The highest BCUT2D eigenvalue weighted by atomic mass is 16.5. The van der Waals surface area contributed by atoms with Gasteiger partial charge < -0.3 is 14.8 Å². The summed E-state index contributed by atoms with van der Waals surface area (Å²) in [6.07, 6.45) is 3.80. The third-order valence-electron chi connectivity index (χ3n) is 3.54. The molecule has 2 unspecified atom stereocenters. The molecule has 2 atom stereocenters. The van der Waals surface area contributed by atoms with Crippen LogP contribution in [-0.2, 0) is 4.74 Å². The van der Waals surface area contributed by atoms with Crippen LogP contribution < -0.4 is 10.1 Å². The van der Waals surface area contributed by atoms with Gasteiger partial charge in [-0.05, 0) is 25.3 Å². The fraction of sp³-hybridized carbons (Fsp3) is 0.600. The van der Waals surface area contributed by atoms with Crippen LogP contribution in [0.2, 0.25) is 0 Å². The molecule has 0 aliphatic carbocycles. The predicted molar refractivity (Wildman–Crippen MR) is 73.0 cm³/mol. The first kappa shape index (κ1) is 13.4. The molecule has 0 radical (unpaired) electrons. The summed E-state index contributed by atoms with van der Waals surface area (Å²) >= 11 is 0. The second-order valence-electron chi connectivity index (χ2n) is 4.75. The van der Waals surface area contributed by atoms with Crippen molar-refractivity contribution in [3.63, 3.8) is 0 Å². The second kappa shape index (κ2) is 6.76. The van der Waals surface area contributed by atoms with Crippen molar-refractivity contribution in [3.8, 4) is 5.75 Å². The minimum absolute atomic E-state index is 0.338. The van der Waals surface area contributed by atoms with Crippen molar-refractivity contribution in [1.29, 1.82) is 0 Å². The molecule has 1 saturated heterocycles. The molecule has 100 valence electrons. The second-order valence-corrected chi connectivity index (χ2v) is 4.75. The summed E-state index contributed by atoms with van der Waals surface area (Å²) in [5.74, 6) is 0.962. The first-order valence-electron chi connectivity index (χ1n) is 6.83. The zero-order chi connectivity index (χ0) is 12.8. The fourth-order valence-electron chi connectivity index (χ4n) is 2.51. The Labute approximate surface area is 109 Å². The molecule has 0 aromatic heterocycles. The fourth-order valence-corrected chi connectivity index (χ4v) is 2.51. The average Bonchev–Trinajstić information content (AvgIpc) is 2.93. The van der Waals surface area contributed by atoms with E-state index in [9.17, 15) is 0 Å². The van der Waals surface area contributed by atoms with E-state index >= 15 is 0 Å². The van der Waals surface area contributed by atoms with E-state index in [2.05, 4.69) is 24.4 Å². The molecule has 0 spiro atoms.